The van der Waals surface area contributed by atoms with Crippen LogP contribution in [0.3, 0.4) is 0 Å². The van der Waals surface area contributed by atoms with Crippen molar-refractivity contribution in [1.29, 1.82) is 0 Å². The number of nitrogens with zero attached hydrogens (tertiary/aromatic N) is 4. The summed E-state index contributed by atoms with van der Waals surface area (Å²) in [5.74, 6) is 1.95. The Hall–Kier alpha value is -2.41. The number of para-hydroxylation sites is 1. The van der Waals surface area contributed by atoms with E-state index >= 15 is 0 Å². The van der Waals surface area contributed by atoms with E-state index in [9.17, 15) is 4.79 Å². The number of benzene rings is 1. The molecule has 7 heteroatoms. The van der Waals surface area contributed by atoms with Gasteiger partial charge in [-0.05, 0) is 18.1 Å². The Kier molecular flexibility index (Phi) is 5.65. The number of aromatic nitrogens is 2. The van der Waals surface area contributed by atoms with Crippen molar-refractivity contribution in [3.05, 3.63) is 41.5 Å². The van der Waals surface area contributed by atoms with Gasteiger partial charge in [-0.2, -0.15) is 4.98 Å². The summed E-state index contributed by atoms with van der Waals surface area (Å²) >= 11 is 0. The van der Waals surface area contributed by atoms with Gasteiger partial charge in [0, 0.05) is 39.6 Å². The molecular formula is C18H24N4O3. The van der Waals surface area contributed by atoms with E-state index in [1.807, 2.05) is 23.1 Å². The van der Waals surface area contributed by atoms with Crippen LogP contribution in [0.4, 0.5) is 0 Å². The number of piperazine rings is 1. The van der Waals surface area contributed by atoms with Gasteiger partial charge in [0.2, 0.25) is 11.8 Å². The first kappa shape index (κ1) is 17.4. The molecule has 0 saturated carbocycles. The highest BCUT2D eigenvalue weighted by Crippen LogP contribution is 2.18. The monoisotopic (exact) mass is 344 g/mol. The van der Waals surface area contributed by atoms with Gasteiger partial charge in [-0.25, -0.2) is 0 Å². The first-order chi connectivity index (χ1) is 12.2. The van der Waals surface area contributed by atoms with Gasteiger partial charge in [-0.15, -0.1) is 0 Å². The number of rotatable bonds is 6. The molecule has 1 aromatic heterocycles. The minimum atomic E-state index is 0.0604. The topological polar surface area (TPSA) is 71.7 Å². The summed E-state index contributed by atoms with van der Waals surface area (Å²) in [4.78, 5) is 20.7. The standard InChI is InChI=1S/C18H24N4O3/c1-14-19-17(20-25-14)13-18(23)22-11-9-21(10-12-22)8-7-15-5-3-4-6-16(15)24-2/h3-6H,7-13H2,1-2H3. The number of ether oxygens (including phenoxy) is 1. The van der Waals surface area contributed by atoms with Gasteiger partial charge in [0.25, 0.3) is 0 Å². The van der Waals surface area contributed by atoms with Gasteiger partial charge < -0.3 is 14.2 Å². The highest BCUT2D eigenvalue weighted by molar-refractivity contribution is 5.78. The average Bonchev–Trinajstić information content (AvgIpc) is 3.05. The molecule has 2 heterocycles. The molecule has 7 nitrogen and oxygen atoms in total. The van der Waals surface area contributed by atoms with E-state index in [1.165, 1.54) is 5.56 Å². The minimum absolute atomic E-state index is 0.0604. The lowest BCUT2D eigenvalue weighted by Crippen LogP contribution is -2.49. The number of carbonyl (C=O) groups is 1. The number of methoxy groups -OCH3 is 1. The highest BCUT2D eigenvalue weighted by atomic mass is 16.5. The van der Waals surface area contributed by atoms with Crippen molar-refractivity contribution < 1.29 is 14.1 Å². The first-order valence-electron chi connectivity index (χ1n) is 8.57. The lowest BCUT2D eigenvalue weighted by atomic mass is 10.1. The Morgan fingerprint density at radius 1 is 1.24 bits per heavy atom. The second-order valence-corrected chi connectivity index (χ2v) is 6.19. The van der Waals surface area contributed by atoms with Crippen LogP contribution >= 0.6 is 0 Å². The van der Waals surface area contributed by atoms with E-state index in [0.717, 1.165) is 44.9 Å². The van der Waals surface area contributed by atoms with Crippen molar-refractivity contribution in [2.75, 3.05) is 39.8 Å². The molecule has 1 aliphatic heterocycles. The number of carbonyl (C=O) groups excluding carboxylic acids is 1. The van der Waals surface area contributed by atoms with E-state index in [-0.39, 0.29) is 12.3 Å². The SMILES string of the molecule is COc1ccccc1CCN1CCN(C(=O)Cc2noc(C)n2)CC1. The smallest absolute Gasteiger partial charge is 0.230 e. The maximum absolute atomic E-state index is 12.3. The number of amides is 1. The summed E-state index contributed by atoms with van der Waals surface area (Å²) in [6.07, 6.45) is 1.15. The van der Waals surface area contributed by atoms with Crippen molar-refractivity contribution >= 4 is 5.91 Å². The molecule has 1 fully saturated rings. The molecule has 2 aromatic rings. The predicted octanol–water partition coefficient (Wildman–Crippen LogP) is 1.32. The zero-order valence-electron chi connectivity index (χ0n) is 14.8. The zero-order valence-corrected chi connectivity index (χ0v) is 14.8. The summed E-state index contributed by atoms with van der Waals surface area (Å²) in [5, 5.41) is 3.79. The molecule has 0 radical (unpaired) electrons. The molecule has 0 spiro atoms. The van der Waals surface area contributed by atoms with Crippen molar-refractivity contribution in [2.24, 2.45) is 0 Å². The Morgan fingerprint density at radius 2 is 2.00 bits per heavy atom. The van der Waals surface area contributed by atoms with E-state index in [0.29, 0.717) is 11.7 Å². The molecule has 0 unspecified atom stereocenters. The molecule has 0 aliphatic carbocycles. The normalized spacial score (nSPS) is 15.4. The van der Waals surface area contributed by atoms with Crippen molar-refractivity contribution in [3.8, 4) is 5.75 Å². The first-order valence-corrected chi connectivity index (χ1v) is 8.57. The second-order valence-electron chi connectivity index (χ2n) is 6.19. The third-order valence-corrected chi connectivity index (χ3v) is 4.49. The van der Waals surface area contributed by atoms with Gasteiger partial charge in [0.15, 0.2) is 5.82 Å². The molecule has 0 atom stereocenters. The van der Waals surface area contributed by atoms with Gasteiger partial charge >= 0.3 is 0 Å². The van der Waals surface area contributed by atoms with Crippen LogP contribution < -0.4 is 4.74 Å². The van der Waals surface area contributed by atoms with Gasteiger partial charge in [-0.1, -0.05) is 23.4 Å². The van der Waals surface area contributed by atoms with E-state index in [4.69, 9.17) is 9.26 Å². The van der Waals surface area contributed by atoms with Crippen molar-refractivity contribution in [3.63, 3.8) is 0 Å². The van der Waals surface area contributed by atoms with Crippen molar-refractivity contribution in [1.82, 2.24) is 19.9 Å². The van der Waals surface area contributed by atoms with Crippen LogP contribution in [0.15, 0.2) is 28.8 Å². The lowest BCUT2D eigenvalue weighted by Gasteiger charge is -2.34. The van der Waals surface area contributed by atoms with Crippen LogP contribution in [-0.2, 0) is 17.6 Å². The van der Waals surface area contributed by atoms with Crippen LogP contribution in [0.5, 0.6) is 5.75 Å². The third-order valence-electron chi connectivity index (χ3n) is 4.49. The Labute approximate surface area is 147 Å². The highest BCUT2D eigenvalue weighted by Gasteiger charge is 2.22. The van der Waals surface area contributed by atoms with Crippen LogP contribution in [-0.4, -0.2) is 65.7 Å². The summed E-state index contributed by atoms with van der Waals surface area (Å²) in [6, 6.07) is 8.11. The molecule has 1 aliphatic rings. The molecular weight excluding hydrogens is 320 g/mol. The largest absolute Gasteiger partial charge is 0.496 e. The molecule has 3 rings (SSSR count). The summed E-state index contributed by atoms with van der Waals surface area (Å²) < 4.78 is 10.3. The molecule has 1 amide bonds. The Balaban J connectivity index is 1.44. The Bertz CT molecular complexity index is 708. The van der Waals surface area contributed by atoms with Crippen molar-refractivity contribution in [2.45, 2.75) is 19.8 Å². The molecule has 0 N–H and O–H groups in total. The van der Waals surface area contributed by atoms with Crippen LogP contribution in [0.1, 0.15) is 17.3 Å². The average molecular weight is 344 g/mol. The minimum Gasteiger partial charge on any atom is -0.496 e. The van der Waals surface area contributed by atoms with Gasteiger partial charge in [0.05, 0.1) is 13.5 Å². The third kappa shape index (κ3) is 4.57. The second kappa shape index (κ2) is 8.11. The maximum atomic E-state index is 12.3. The molecule has 25 heavy (non-hydrogen) atoms. The van der Waals surface area contributed by atoms with Crippen LogP contribution in [0.2, 0.25) is 0 Å². The summed E-state index contributed by atoms with van der Waals surface area (Å²) in [7, 11) is 1.70. The van der Waals surface area contributed by atoms with Gasteiger partial charge in [0.1, 0.15) is 5.75 Å². The number of hydrogen-bond acceptors (Lipinski definition) is 6. The van der Waals surface area contributed by atoms with Crippen LogP contribution in [0, 0.1) is 6.92 Å². The fourth-order valence-corrected chi connectivity index (χ4v) is 3.07. The van der Waals surface area contributed by atoms with E-state index < -0.39 is 0 Å². The number of aryl methyl sites for hydroxylation is 1. The molecule has 134 valence electrons. The summed E-state index contributed by atoms with van der Waals surface area (Å²) in [6.45, 7) is 5.93. The van der Waals surface area contributed by atoms with E-state index in [2.05, 4.69) is 21.1 Å². The van der Waals surface area contributed by atoms with E-state index in [1.54, 1.807) is 14.0 Å². The lowest BCUT2D eigenvalue weighted by molar-refractivity contribution is -0.132. The fourth-order valence-electron chi connectivity index (χ4n) is 3.07. The quantitative estimate of drug-likeness (QED) is 0.787. The van der Waals surface area contributed by atoms with Gasteiger partial charge in [-0.3, -0.25) is 9.69 Å². The summed E-state index contributed by atoms with van der Waals surface area (Å²) in [5.41, 5.74) is 1.22. The Morgan fingerprint density at radius 3 is 2.68 bits per heavy atom. The maximum Gasteiger partial charge on any atom is 0.230 e. The molecule has 0 bridgehead atoms. The molecule has 1 aromatic carbocycles. The van der Waals surface area contributed by atoms with Crippen LogP contribution in [0.25, 0.3) is 0 Å². The predicted molar refractivity (Wildman–Crippen MR) is 92.5 cm³/mol. The zero-order chi connectivity index (χ0) is 17.6. The number of hydrogen-bond donors (Lipinski definition) is 0. The fraction of sp³-hybridized carbons (Fsp3) is 0.500. The molecule has 1 saturated heterocycles.